The monoisotopic (exact) mass is 216 g/mol. The molecule has 1 heterocycles. The maximum atomic E-state index is 5.97. The van der Waals surface area contributed by atoms with Crippen molar-refractivity contribution in [3.63, 3.8) is 0 Å². The lowest BCUT2D eigenvalue weighted by molar-refractivity contribution is 0.517. The van der Waals surface area contributed by atoms with Gasteiger partial charge in [-0.3, -0.25) is 0 Å². The predicted octanol–water partition coefficient (Wildman–Crippen LogP) is 2.62. The molecule has 0 saturated carbocycles. The highest BCUT2D eigenvalue weighted by atomic mass is 16.3. The van der Waals surface area contributed by atoms with Gasteiger partial charge in [0.15, 0.2) is 0 Å². The third-order valence-electron chi connectivity index (χ3n) is 2.29. The first-order valence-corrected chi connectivity index (χ1v) is 5.32. The molecule has 0 unspecified atom stereocenters. The number of rotatable bonds is 3. The summed E-state index contributed by atoms with van der Waals surface area (Å²) in [6.07, 6.45) is 4.08. The van der Waals surface area contributed by atoms with Crippen LogP contribution in [0.1, 0.15) is 19.4 Å². The summed E-state index contributed by atoms with van der Waals surface area (Å²) >= 11 is 0. The van der Waals surface area contributed by atoms with Crippen LogP contribution in [-0.4, -0.2) is 10.5 Å². The summed E-state index contributed by atoms with van der Waals surface area (Å²) in [5, 5.41) is 0. The summed E-state index contributed by atoms with van der Waals surface area (Å²) in [5.74, 6) is 0.651. The molecule has 16 heavy (non-hydrogen) atoms. The van der Waals surface area contributed by atoms with Crippen molar-refractivity contribution in [2.24, 2.45) is 5.73 Å². The van der Waals surface area contributed by atoms with Gasteiger partial charge < -0.3 is 10.2 Å². The van der Waals surface area contributed by atoms with Gasteiger partial charge in [0.1, 0.15) is 6.26 Å². The number of nitrogens with two attached hydrogens (primary N) is 1. The van der Waals surface area contributed by atoms with E-state index in [2.05, 4.69) is 17.1 Å². The van der Waals surface area contributed by atoms with E-state index in [1.54, 1.807) is 12.5 Å². The van der Waals surface area contributed by atoms with Gasteiger partial charge in [-0.2, -0.15) is 0 Å². The van der Waals surface area contributed by atoms with Gasteiger partial charge >= 0.3 is 0 Å². The molecular weight excluding hydrogens is 200 g/mol. The molecular formula is C13H16N2O. The lowest BCUT2D eigenvalue weighted by atomic mass is 9.96. The molecule has 0 fully saturated rings. The first kappa shape index (κ1) is 10.9. The first-order chi connectivity index (χ1) is 7.54. The van der Waals surface area contributed by atoms with E-state index in [0.29, 0.717) is 5.89 Å². The Morgan fingerprint density at radius 3 is 2.44 bits per heavy atom. The van der Waals surface area contributed by atoms with Crippen LogP contribution in [0.2, 0.25) is 0 Å². The van der Waals surface area contributed by atoms with Crippen LogP contribution in [0.4, 0.5) is 0 Å². The zero-order valence-electron chi connectivity index (χ0n) is 9.60. The molecule has 2 rings (SSSR count). The SMILES string of the molecule is CC(C)(N)Cc1ccc(-c2ncco2)cc1. The summed E-state index contributed by atoms with van der Waals surface area (Å²) in [7, 11) is 0. The molecule has 0 aliphatic heterocycles. The van der Waals surface area contributed by atoms with Crippen molar-refractivity contribution < 1.29 is 4.42 Å². The molecule has 0 aliphatic carbocycles. The van der Waals surface area contributed by atoms with Crippen LogP contribution in [-0.2, 0) is 6.42 Å². The minimum absolute atomic E-state index is 0.176. The summed E-state index contributed by atoms with van der Waals surface area (Å²) in [6.45, 7) is 4.05. The van der Waals surface area contributed by atoms with Gasteiger partial charge in [-0.25, -0.2) is 4.98 Å². The Bertz CT molecular complexity index is 438. The van der Waals surface area contributed by atoms with Gasteiger partial charge in [0.2, 0.25) is 5.89 Å². The Balaban J connectivity index is 2.17. The summed E-state index contributed by atoms with van der Waals surface area (Å²) in [4.78, 5) is 4.10. The number of hydrogen-bond acceptors (Lipinski definition) is 3. The average Bonchev–Trinajstić information content (AvgIpc) is 2.69. The molecule has 1 aromatic carbocycles. The highest BCUT2D eigenvalue weighted by Crippen LogP contribution is 2.19. The molecule has 1 aromatic heterocycles. The highest BCUT2D eigenvalue weighted by Gasteiger charge is 2.11. The third kappa shape index (κ3) is 2.70. The maximum Gasteiger partial charge on any atom is 0.225 e. The minimum atomic E-state index is -0.176. The highest BCUT2D eigenvalue weighted by molar-refractivity contribution is 5.53. The molecule has 0 atom stereocenters. The summed E-state index contributed by atoms with van der Waals surface area (Å²) < 4.78 is 5.22. The van der Waals surface area contributed by atoms with E-state index in [-0.39, 0.29) is 5.54 Å². The van der Waals surface area contributed by atoms with Gasteiger partial charge in [0.25, 0.3) is 0 Å². The molecule has 3 nitrogen and oxygen atoms in total. The molecule has 0 aliphatic rings. The Morgan fingerprint density at radius 2 is 1.94 bits per heavy atom. The Labute approximate surface area is 95.3 Å². The molecule has 2 N–H and O–H groups in total. The minimum Gasteiger partial charge on any atom is -0.445 e. The number of nitrogens with zero attached hydrogens (tertiary/aromatic N) is 1. The van der Waals surface area contributed by atoms with Crippen LogP contribution in [0.15, 0.2) is 41.1 Å². The maximum absolute atomic E-state index is 5.97. The van der Waals surface area contributed by atoms with E-state index in [1.807, 2.05) is 26.0 Å². The number of oxazole rings is 1. The van der Waals surface area contributed by atoms with Gasteiger partial charge in [0, 0.05) is 11.1 Å². The fraction of sp³-hybridized carbons (Fsp3) is 0.308. The molecule has 0 bridgehead atoms. The van der Waals surface area contributed by atoms with Crippen molar-refractivity contribution in [1.82, 2.24) is 4.98 Å². The molecule has 84 valence electrons. The van der Waals surface area contributed by atoms with E-state index in [4.69, 9.17) is 10.2 Å². The smallest absolute Gasteiger partial charge is 0.225 e. The van der Waals surface area contributed by atoms with Gasteiger partial charge in [-0.05, 0) is 38.0 Å². The number of benzene rings is 1. The molecule has 0 saturated heterocycles. The largest absolute Gasteiger partial charge is 0.445 e. The van der Waals surface area contributed by atoms with Crippen LogP contribution >= 0.6 is 0 Å². The summed E-state index contributed by atoms with van der Waals surface area (Å²) in [5.41, 5.74) is 8.01. The van der Waals surface area contributed by atoms with Gasteiger partial charge in [-0.1, -0.05) is 12.1 Å². The van der Waals surface area contributed by atoms with Crippen molar-refractivity contribution in [3.05, 3.63) is 42.3 Å². The average molecular weight is 216 g/mol. The Kier molecular flexibility index (Phi) is 2.79. The third-order valence-corrected chi connectivity index (χ3v) is 2.29. The van der Waals surface area contributed by atoms with Crippen LogP contribution in [0.25, 0.3) is 11.5 Å². The number of aromatic nitrogens is 1. The van der Waals surface area contributed by atoms with Gasteiger partial charge in [-0.15, -0.1) is 0 Å². The normalized spacial score (nSPS) is 11.7. The van der Waals surface area contributed by atoms with Crippen molar-refractivity contribution >= 4 is 0 Å². The zero-order valence-corrected chi connectivity index (χ0v) is 9.60. The topological polar surface area (TPSA) is 52.0 Å². The van der Waals surface area contributed by atoms with E-state index in [9.17, 15) is 0 Å². The fourth-order valence-corrected chi connectivity index (χ4v) is 1.66. The van der Waals surface area contributed by atoms with Gasteiger partial charge in [0.05, 0.1) is 6.20 Å². The lowest BCUT2D eigenvalue weighted by Crippen LogP contribution is -2.34. The second kappa shape index (κ2) is 4.10. The first-order valence-electron chi connectivity index (χ1n) is 5.32. The van der Waals surface area contributed by atoms with E-state index in [1.165, 1.54) is 5.56 Å². The standard InChI is InChI=1S/C13H16N2O/c1-13(2,14)9-10-3-5-11(6-4-10)12-15-7-8-16-12/h3-8H,9,14H2,1-2H3. The van der Waals surface area contributed by atoms with Crippen molar-refractivity contribution in [3.8, 4) is 11.5 Å². The van der Waals surface area contributed by atoms with Crippen LogP contribution in [0, 0.1) is 0 Å². The molecule has 0 radical (unpaired) electrons. The van der Waals surface area contributed by atoms with Crippen molar-refractivity contribution in [2.45, 2.75) is 25.8 Å². The van der Waals surface area contributed by atoms with Crippen LogP contribution < -0.4 is 5.73 Å². The molecule has 0 amide bonds. The molecule has 3 heteroatoms. The summed E-state index contributed by atoms with van der Waals surface area (Å²) in [6, 6.07) is 8.14. The van der Waals surface area contributed by atoms with Crippen molar-refractivity contribution in [1.29, 1.82) is 0 Å². The second-order valence-corrected chi connectivity index (χ2v) is 4.70. The second-order valence-electron chi connectivity index (χ2n) is 4.70. The molecule has 0 spiro atoms. The molecule has 2 aromatic rings. The fourth-order valence-electron chi connectivity index (χ4n) is 1.66. The predicted molar refractivity (Wildman–Crippen MR) is 63.9 cm³/mol. The quantitative estimate of drug-likeness (QED) is 0.858. The number of hydrogen-bond donors (Lipinski definition) is 1. The zero-order chi connectivity index (χ0) is 11.6. The van der Waals surface area contributed by atoms with Crippen molar-refractivity contribution in [2.75, 3.05) is 0 Å². The van der Waals surface area contributed by atoms with Crippen LogP contribution in [0.3, 0.4) is 0 Å². The Morgan fingerprint density at radius 1 is 1.25 bits per heavy atom. The van der Waals surface area contributed by atoms with E-state index >= 15 is 0 Å². The van der Waals surface area contributed by atoms with E-state index in [0.717, 1.165) is 12.0 Å². The lowest BCUT2D eigenvalue weighted by Gasteiger charge is -2.18. The van der Waals surface area contributed by atoms with E-state index < -0.39 is 0 Å². The van der Waals surface area contributed by atoms with Crippen LogP contribution in [0.5, 0.6) is 0 Å². The Hall–Kier alpha value is -1.61.